The van der Waals surface area contributed by atoms with E-state index in [4.69, 9.17) is 0 Å². The Morgan fingerprint density at radius 2 is 2.16 bits per heavy atom. The molecule has 5 nitrogen and oxygen atoms in total. The zero-order chi connectivity index (χ0) is 13.0. The summed E-state index contributed by atoms with van der Waals surface area (Å²) in [7, 11) is 4.24. The summed E-state index contributed by atoms with van der Waals surface area (Å²) < 4.78 is 4.30. The Kier molecular flexibility index (Phi) is 2.34. The van der Waals surface area contributed by atoms with Gasteiger partial charge in [0.05, 0.1) is 12.2 Å². The fourth-order valence-electron chi connectivity index (χ4n) is 3.40. The van der Waals surface area contributed by atoms with E-state index in [0.717, 1.165) is 26.2 Å². The standard InChI is InChI=1S/C14H19N5/c1-16-6-7-18-9-11-8-15-17(2)14(11)19-5-3-4-12(19)13(18)10-16/h3-5,8,13H,6-7,9-10H2,1-2H3. The average Bonchev–Trinajstić information content (AvgIpc) is 2.96. The first-order chi connectivity index (χ1) is 9.24. The fraction of sp³-hybridized carbons (Fsp3) is 0.500. The van der Waals surface area contributed by atoms with Gasteiger partial charge in [-0.2, -0.15) is 5.10 Å². The number of likely N-dealkylation sites (N-methyl/N-ethyl adjacent to an activating group) is 1. The molecule has 2 aliphatic rings. The van der Waals surface area contributed by atoms with Crippen LogP contribution >= 0.6 is 0 Å². The minimum absolute atomic E-state index is 0.487. The second kappa shape index (κ2) is 3.95. The lowest BCUT2D eigenvalue weighted by Gasteiger charge is -2.38. The quantitative estimate of drug-likeness (QED) is 0.705. The van der Waals surface area contributed by atoms with Crippen molar-refractivity contribution >= 4 is 0 Å². The minimum atomic E-state index is 0.487. The molecule has 4 heterocycles. The number of nitrogens with zero attached hydrogens (tertiary/aromatic N) is 5. The predicted molar refractivity (Wildman–Crippen MR) is 73.2 cm³/mol. The molecule has 0 N–H and O–H groups in total. The largest absolute Gasteiger partial charge is 0.304 e. The number of aromatic nitrogens is 3. The number of hydrogen-bond acceptors (Lipinski definition) is 3. The summed E-state index contributed by atoms with van der Waals surface area (Å²) in [4.78, 5) is 5.01. The molecule has 100 valence electrons. The van der Waals surface area contributed by atoms with Gasteiger partial charge < -0.3 is 9.47 Å². The van der Waals surface area contributed by atoms with Crippen LogP contribution in [0.2, 0.25) is 0 Å². The van der Waals surface area contributed by atoms with Crippen LogP contribution in [-0.4, -0.2) is 50.8 Å². The van der Waals surface area contributed by atoms with E-state index in [-0.39, 0.29) is 0 Å². The van der Waals surface area contributed by atoms with Crippen LogP contribution in [0.4, 0.5) is 0 Å². The van der Waals surface area contributed by atoms with Gasteiger partial charge in [-0.3, -0.25) is 9.58 Å². The monoisotopic (exact) mass is 257 g/mol. The molecule has 0 bridgehead atoms. The fourth-order valence-corrected chi connectivity index (χ4v) is 3.40. The molecule has 0 amide bonds. The number of piperazine rings is 1. The van der Waals surface area contributed by atoms with Gasteiger partial charge in [-0.25, -0.2) is 0 Å². The number of hydrogen-bond donors (Lipinski definition) is 0. The van der Waals surface area contributed by atoms with E-state index in [2.05, 4.69) is 44.8 Å². The van der Waals surface area contributed by atoms with E-state index in [0.29, 0.717) is 6.04 Å². The first kappa shape index (κ1) is 11.3. The molecule has 4 rings (SSSR count). The van der Waals surface area contributed by atoms with Crippen molar-refractivity contribution < 1.29 is 0 Å². The second-order valence-electron chi connectivity index (χ2n) is 5.67. The van der Waals surface area contributed by atoms with E-state index >= 15 is 0 Å². The van der Waals surface area contributed by atoms with Gasteiger partial charge in [-0.15, -0.1) is 0 Å². The van der Waals surface area contributed by atoms with Crippen LogP contribution in [-0.2, 0) is 13.6 Å². The summed E-state index contributed by atoms with van der Waals surface area (Å²) in [6, 6.07) is 4.88. The molecule has 1 fully saturated rings. The highest BCUT2D eigenvalue weighted by Crippen LogP contribution is 2.33. The van der Waals surface area contributed by atoms with E-state index in [1.165, 1.54) is 17.1 Å². The smallest absolute Gasteiger partial charge is 0.139 e. The molecule has 2 aliphatic heterocycles. The molecule has 1 unspecified atom stereocenters. The van der Waals surface area contributed by atoms with Crippen molar-refractivity contribution in [2.75, 3.05) is 26.7 Å². The van der Waals surface area contributed by atoms with E-state index in [9.17, 15) is 0 Å². The Morgan fingerprint density at radius 1 is 1.26 bits per heavy atom. The van der Waals surface area contributed by atoms with Crippen molar-refractivity contribution in [1.29, 1.82) is 0 Å². The van der Waals surface area contributed by atoms with Crippen LogP contribution in [0.15, 0.2) is 24.5 Å². The normalized spacial score (nSPS) is 23.6. The van der Waals surface area contributed by atoms with Crippen LogP contribution in [0, 0.1) is 0 Å². The maximum atomic E-state index is 4.43. The van der Waals surface area contributed by atoms with Crippen LogP contribution in [0.25, 0.3) is 5.82 Å². The maximum Gasteiger partial charge on any atom is 0.139 e. The number of rotatable bonds is 0. The third-order valence-electron chi connectivity index (χ3n) is 4.40. The molecule has 0 aromatic carbocycles. The third-order valence-corrected chi connectivity index (χ3v) is 4.40. The summed E-state index contributed by atoms with van der Waals surface area (Å²) in [5.41, 5.74) is 2.71. The molecular formula is C14H19N5. The van der Waals surface area contributed by atoms with Crippen LogP contribution < -0.4 is 0 Å². The molecule has 1 atom stereocenters. The first-order valence-corrected chi connectivity index (χ1v) is 6.85. The van der Waals surface area contributed by atoms with Gasteiger partial charge in [-0.05, 0) is 19.2 Å². The van der Waals surface area contributed by atoms with Crippen LogP contribution in [0.5, 0.6) is 0 Å². The average molecular weight is 257 g/mol. The van der Waals surface area contributed by atoms with Gasteiger partial charge in [0, 0.05) is 50.7 Å². The molecule has 2 aromatic rings. The minimum Gasteiger partial charge on any atom is -0.304 e. The van der Waals surface area contributed by atoms with Crippen LogP contribution in [0.1, 0.15) is 17.3 Å². The predicted octanol–water partition coefficient (Wildman–Crippen LogP) is 1.01. The number of fused-ring (bicyclic) bond motifs is 5. The van der Waals surface area contributed by atoms with Crippen molar-refractivity contribution in [1.82, 2.24) is 24.1 Å². The molecule has 1 saturated heterocycles. The summed E-state index contributed by atoms with van der Waals surface area (Å²) >= 11 is 0. The van der Waals surface area contributed by atoms with Crippen LogP contribution in [0.3, 0.4) is 0 Å². The van der Waals surface area contributed by atoms with E-state index in [1.807, 2.05) is 17.9 Å². The summed E-state index contributed by atoms with van der Waals surface area (Å²) in [6.45, 7) is 4.38. The maximum absolute atomic E-state index is 4.43. The molecular weight excluding hydrogens is 238 g/mol. The topological polar surface area (TPSA) is 29.2 Å². The van der Waals surface area contributed by atoms with Gasteiger partial charge in [0.25, 0.3) is 0 Å². The van der Waals surface area contributed by atoms with Gasteiger partial charge in [0.1, 0.15) is 5.82 Å². The molecule has 0 spiro atoms. The Labute approximate surface area is 113 Å². The van der Waals surface area contributed by atoms with Gasteiger partial charge in [0.15, 0.2) is 0 Å². The summed E-state index contributed by atoms with van der Waals surface area (Å²) in [5, 5.41) is 4.43. The van der Waals surface area contributed by atoms with Crippen molar-refractivity contribution in [2.45, 2.75) is 12.6 Å². The highest BCUT2D eigenvalue weighted by Gasteiger charge is 2.33. The highest BCUT2D eigenvalue weighted by molar-refractivity contribution is 5.39. The van der Waals surface area contributed by atoms with Gasteiger partial charge in [0.2, 0.25) is 0 Å². The van der Waals surface area contributed by atoms with E-state index < -0.39 is 0 Å². The molecule has 19 heavy (non-hydrogen) atoms. The molecule has 0 radical (unpaired) electrons. The third kappa shape index (κ3) is 1.58. The Hall–Kier alpha value is -1.59. The molecule has 5 heteroatoms. The SMILES string of the molecule is CN1CCN2Cc3cnn(C)c3-n3cccc3C2C1. The Morgan fingerprint density at radius 3 is 3.05 bits per heavy atom. The van der Waals surface area contributed by atoms with Gasteiger partial charge in [-0.1, -0.05) is 0 Å². The highest BCUT2D eigenvalue weighted by atomic mass is 15.4. The van der Waals surface area contributed by atoms with Crippen molar-refractivity contribution in [2.24, 2.45) is 7.05 Å². The van der Waals surface area contributed by atoms with Crippen molar-refractivity contribution in [3.8, 4) is 5.82 Å². The van der Waals surface area contributed by atoms with Crippen molar-refractivity contribution in [3.63, 3.8) is 0 Å². The summed E-state index contributed by atoms with van der Waals surface area (Å²) in [5.74, 6) is 1.22. The van der Waals surface area contributed by atoms with E-state index in [1.54, 1.807) is 0 Å². The lowest BCUT2D eigenvalue weighted by atomic mass is 10.1. The second-order valence-corrected chi connectivity index (χ2v) is 5.67. The zero-order valence-corrected chi connectivity index (χ0v) is 11.5. The molecule has 0 saturated carbocycles. The zero-order valence-electron chi connectivity index (χ0n) is 11.5. The molecule has 0 aliphatic carbocycles. The first-order valence-electron chi connectivity index (χ1n) is 6.85. The molecule has 2 aromatic heterocycles. The van der Waals surface area contributed by atoms with Gasteiger partial charge >= 0.3 is 0 Å². The number of aryl methyl sites for hydroxylation is 1. The summed E-state index contributed by atoms with van der Waals surface area (Å²) in [6.07, 6.45) is 4.17. The Balaban J connectivity index is 1.90. The lowest BCUT2D eigenvalue weighted by molar-refractivity contribution is 0.0827. The Bertz CT molecular complexity index is 611. The lowest BCUT2D eigenvalue weighted by Crippen LogP contribution is -2.46. The van der Waals surface area contributed by atoms with Crippen molar-refractivity contribution in [3.05, 3.63) is 35.8 Å².